The molecular formula is C17H14N2O3. The minimum absolute atomic E-state index is 0.00699. The van der Waals surface area contributed by atoms with Gasteiger partial charge in [-0.05, 0) is 37.1 Å². The van der Waals surface area contributed by atoms with Gasteiger partial charge in [0.2, 0.25) is 5.88 Å². The van der Waals surface area contributed by atoms with Crippen LogP contribution >= 0.6 is 0 Å². The molecule has 3 rings (SSSR count). The highest BCUT2D eigenvalue weighted by Crippen LogP contribution is 2.13. The predicted molar refractivity (Wildman–Crippen MR) is 82.3 cm³/mol. The second-order valence-corrected chi connectivity index (χ2v) is 5.02. The number of rotatable bonds is 2. The predicted octanol–water partition coefficient (Wildman–Crippen LogP) is 2.53. The molecule has 0 radical (unpaired) electrons. The van der Waals surface area contributed by atoms with E-state index in [9.17, 15) is 9.59 Å². The van der Waals surface area contributed by atoms with Gasteiger partial charge in [-0.1, -0.05) is 24.3 Å². The third kappa shape index (κ3) is 2.48. The summed E-state index contributed by atoms with van der Waals surface area (Å²) in [7, 11) is 0. The Morgan fingerprint density at radius 2 is 1.82 bits per heavy atom. The zero-order valence-corrected chi connectivity index (χ0v) is 12.2. The first-order valence-electron chi connectivity index (χ1n) is 6.83. The standard InChI is InChI=1S/C17H14N2O3/c1-11-6-3-4-8-13(11)17(21)22-14-10-15(20)19-9-5-7-12(2)16(19)18-14/h3-10H,1-2H3. The molecule has 0 atom stereocenters. The van der Waals surface area contributed by atoms with Crippen molar-refractivity contribution in [3.05, 3.63) is 75.7 Å². The second kappa shape index (κ2) is 5.44. The molecule has 0 amide bonds. The number of fused-ring (bicyclic) bond motifs is 1. The molecule has 0 aliphatic heterocycles. The average Bonchev–Trinajstić information content (AvgIpc) is 2.49. The molecule has 5 nitrogen and oxygen atoms in total. The summed E-state index contributed by atoms with van der Waals surface area (Å²) in [5.41, 5.74) is 2.27. The minimum atomic E-state index is -0.525. The molecule has 0 aliphatic carbocycles. The van der Waals surface area contributed by atoms with Crippen molar-refractivity contribution in [1.82, 2.24) is 9.38 Å². The number of aryl methyl sites for hydroxylation is 2. The monoisotopic (exact) mass is 294 g/mol. The van der Waals surface area contributed by atoms with Crippen molar-refractivity contribution in [3.63, 3.8) is 0 Å². The molecule has 22 heavy (non-hydrogen) atoms. The fraction of sp³-hybridized carbons (Fsp3) is 0.118. The number of aromatic nitrogens is 2. The Bertz CT molecular complexity index is 929. The van der Waals surface area contributed by atoms with Gasteiger partial charge in [0.25, 0.3) is 5.56 Å². The number of nitrogens with zero attached hydrogens (tertiary/aromatic N) is 2. The molecule has 1 aromatic carbocycles. The van der Waals surface area contributed by atoms with E-state index in [0.29, 0.717) is 11.2 Å². The van der Waals surface area contributed by atoms with Crippen LogP contribution in [-0.2, 0) is 0 Å². The van der Waals surface area contributed by atoms with Gasteiger partial charge in [-0.15, -0.1) is 0 Å². The second-order valence-electron chi connectivity index (χ2n) is 5.02. The van der Waals surface area contributed by atoms with Crippen LogP contribution in [0, 0.1) is 13.8 Å². The molecule has 0 aliphatic rings. The van der Waals surface area contributed by atoms with Gasteiger partial charge in [0.1, 0.15) is 5.65 Å². The van der Waals surface area contributed by atoms with E-state index in [-0.39, 0.29) is 11.4 Å². The fourth-order valence-electron chi connectivity index (χ4n) is 2.24. The van der Waals surface area contributed by atoms with Crippen LogP contribution in [0.5, 0.6) is 5.88 Å². The molecule has 5 heteroatoms. The van der Waals surface area contributed by atoms with E-state index < -0.39 is 5.97 Å². The maximum atomic E-state index is 12.2. The molecule has 2 aromatic heterocycles. The maximum absolute atomic E-state index is 12.2. The molecule has 2 heterocycles. The summed E-state index contributed by atoms with van der Waals surface area (Å²) >= 11 is 0. The quantitative estimate of drug-likeness (QED) is 0.681. The lowest BCUT2D eigenvalue weighted by Crippen LogP contribution is -2.18. The number of esters is 1. The van der Waals surface area contributed by atoms with Gasteiger partial charge in [-0.3, -0.25) is 9.20 Å². The Kier molecular flexibility index (Phi) is 3.47. The van der Waals surface area contributed by atoms with Gasteiger partial charge in [0.15, 0.2) is 0 Å². The van der Waals surface area contributed by atoms with Crippen molar-refractivity contribution in [2.24, 2.45) is 0 Å². The van der Waals surface area contributed by atoms with Crippen LogP contribution in [0.3, 0.4) is 0 Å². The van der Waals surface area contributed by atoms with Crippen molar-refractivity contribution in [1.29, 1.82) is 0 Å². The Labute approximate surface area is 126 Å². The number of ether oxygens (including phenoxy) is 1. The lowest BCUT2D eigenvalue weighted by Gasteiger charge is -2.08. The van der Waals surface area contributed by atoms with Crippen molar-refractivity contribution < 1.29 is 9.53 Å². The van der Waals surface area contributed by atoms with E-state index >= 15 is 0 Å². The summed E-state index contributed by atoms with van der Waals surface area (Å²) in [5, 5.41) is 0. The van der Waals surface area contributed by atoms with Crippen molar-refractivity contribution >= 4 is 11.6 Å². The third-order valence-electron chi connectivity index (χ3n) is 3.42. The summed E-state index contributed by atoms with van der Waals surface area (Å²) in [6, 6.07) is 11.9. The van der Waals surface area contributed by atoms with Gasteiger partial charge >= 0.3 is 5.97 Å². The highest BCUT2D eigenvalue weighted by Gasteiger charge is 2.13. The normalized spacial score (nSPS) is 10.6. The number of benzene rings is 1. The third-order valence-corrected chi connectivity index (χ3v) is 3.42. The van der Waals surface area contributed by atoms with Crippen LogP contribution in [0.2, 0.25) is 0 Å². The smallest absolute Gasteiger partial charge is 0.345 e. The SMILES string of the molecule is Cc1ccccc1C(=O)Oc1cc(=O)n2cccc(C)c2n1. The minimum Gasteiger partial charge on any atom is -0.404 e. The lowest BCUT2D eigenvalue weighted by molar-refractivity contribution is 0.0727. The highest BCUT2D eigenvalue weighted by molar-refractivity contribution is 5.92. The molecule has 0 N–H and O–H groups in total. The first-order chi connectivity index (χ1) is 10.6. The Morgan fingerprint density at radius 1 is 1.09 bits per heavy atom. The van der Waals surface area contributed by atoms with E-state index in [1.165, 1.54) is 10.5 Å². The molecule has 0 fully saturated rings. The topological polar surface area (TPSA) is 60.7 Å². The van der Waals surface area contributed by atoms with E-state index in [0.717, 1.165) is 11.1 Å². The first-order valence-corrected chi connectivity index (χ1v) is 6.83. The van der Waals surface area contributed by atoms with Gasteiger partial charge < -0.3 is 4.74 Å². The zero-order valence-electron chi connectivity index (χ0n) is 12.2. The van der Waals surface area contributed by atoms with Crippen molar-refractivity contribution in [3.8, 4) is 5.88 Å². The molecular weight excluding hydrogens is 280 g/mol. The van der Waals surface area contributed by atoms with Crippen molar-refractivity contribution in [2.45, 2.75) is 13.8 Å². The lowest BCUT2D eigenvalue weighted by atomic mass is 10.1. The molecule has 0 bridgehead atoms. The first kappa shape index (κ1) is 14.0. The summed E-state index contributed by atoms with van der Waals surface area (Å²) < 4.78 is 6.68. The van der Waals surface area contributed by atoms with Crippen LogP contribution in [0.15, 0.2) is 53.5 Å². The summed E-state index contributed by atoms with van der Waals surface area (Å²) in [4.78, 5) is 28.5. The van der Waals surface area contributed by atoms with Gasteiger partial charge in [-0.2, -0.15) is 4.98 Å². The number of hydrogen-bond acceptors (Lipinski definition) is 4. The summed E-state index contributed by atoms with van der Waals surface area (Å²) in [6.07, 6.45) is 1.63. The average molecular weight is 294 g/mol. The van der Waals surface area contributed by atoms with E-state index in [1.807, 2.05) is 32.0 Å². The number of carbonyl (C=O) groups is 1. The molecule has 0 unspecified atom stereocenters. The highest BCUT2D eigenvalue weighted by atomic mass is 16.5. The Morgan fingerprint density at radius 3 is 2.59 bits per heavy atom. The largest absolute Gasteiger partial charge is 0.404 e. The molecule has 0 saturated carbocycles. The van der Waals surface area contributed by atoms with Crippen LogP contribution in [0.25, 0.3) is 5.65 Å². The molecule has 0 saturated heterocycles. The summed E-state index contributed by atoms with van der Waals surface area (Å²) in [5.74, 6) is -0.518. The molecule has 3 aromatic rings. The fourth-order valence-corrected chi connectivity index (χ4v) is 2.24. The number of pyridine rings is 1. The van der Waals surface area contributed by atoms with Crippen LogP contribution in [0.4, 0.5) is 0 Å². The van der Waals surface area contributed by atoms with Crippen LogP contribution < -0.4 is 10.3 Å². The Hall–Kier alpha value is -2.95. The summed E-state index contributed by atoms with van der Waals surface area (Å²) in [6.45, 7) is 3.66. The number of hydrogen-bond donors (Lipinski definition) is 0. The van der Waals surface area contributed by atoms with E-state index in [2.05, 4.69) is 4.98 Å². The van der Waals surface area contributed by atoms with E-state index in [4.69, 9.17) is 4.74 Å². The van der Waals surface area contributed by atoms with Crippen molar-refractivity contribution in [2.75, 3.05) is 0 Å². The van der Waals surface area contributed by atoms with Gasteiger partial charge in [0.05, 0.1) is 11.6 Å². The zero-order chi connectivity index (χ0) is 15.7. The molecule has 0 spiro atoms. The molecule has 110 valence electrons. The maximum Gasteiger partial charge on any atom is 0.345 e. The van der Waals surface area contributed by atoms with Crippen LogP contribution in [0.1, 0.15) is 21.5 Å². The van der Waals surface area contributed by atoms with Gasteiger partial charge in [-0.25, -0.2) is 4.79 Å². The Balaban J connectivity index is 2.01. The van der Waals surface area contributed by atoms with Crippen LogP contribution in [-0.4, -0.2) is 15.4 Å². The van der Waals surface area contributed by atoms with E-state index in [1.54, 1.807) is 24.4 Å². The van der Waals surface area contributed by atoms with Gasteiger partial charge in [0, 0.05) is 6.20 Å². The number of carbonyl (C=O) groups excluding carboxylic acids is 1.